The Kier molecular flexibility index (Phi) is 30.6. The van der Waals surface area contributed by atoms with Crippen molar-refractivity contribution in [3.63, 3.8) is 0 Å². The van der Waals surface area contributed by atoms with Gasteiger partial charge in [-0.1, -0.05) is 47.5 Å². The molecule has 0 saturated heterocycles. The molecular weight excluding hydrogens is 951 g/mol. The van der Waals surface area contributed by atoms with Crippen LogP contribution in [0.15, 0.2) is 9.98 Å². The Bertz CT molecular complexity index is 1920. The summed E-state index contributed by atoms with van der Waals surface area (Å²) >= 11 is 0. The third kappa shape index (κ3) is 28.4. The van der Waals surface area contributed by atoms with Crippen LogP contribution >= 0.6 is 0 Å². The normalized spacial score (nSPS) is 14.2. The van der Waals surface area contributed by atoms with Crippen LogP contribution in [0.25, 0.3) is 0 Å². The second-order valence-corrected chi connectivity index (χ2v) is 17.8. The summed E-state index contributed by atoms with van der Waals surface area (Å²) < 4.78 is 0. The minimum Gasteiger partial charge on any atom is -0.481 e. The van der Waals surface area contributed by atoms with Crippen molar-refractivity contribution >= 4 is 77.1 Å². The molecule has 0 fully saturated rings. The van der Waals surface area contributed by atoms with E-state index in [-0.39, 0.29) is 75.4 Å². The van der Waals surface area contributed by atoms with Gasteiger partial charge in [0, 0.05) is 13.1 Å². The first-order valence-electron chi connectivity index (χ1n) is 23.5. The molecule has 0 aliphatic heterocycles. The van der Waals surface area contributed by atoms with Crippen molar-refractivity contribution < 1.29 is 68.1 Å². The minimum absolute atomic E-state index is 0.0153. The van der Waals surface area contributed by atoms with Gasteiger partial charge in [-0.3, -0.25) is 57.9 Å². The number of guanidine groups is 2. The molecule has 29 nitrogen and oxygen atoms in total. The van der Waals surface area contributed by atoms with E-state index in [1.807, 2.05) is 6.92 Å². The molecule has 0 radical (unpaired) electrons. The Morgan fingerprint density at radius 3 is 1.32 bits per heavy atom. The highest BCUT2D eigenvalue weighted by Crippen LogP contribution is 2.11. The highest BCUT2D eigenvalue weighted by molar-refractivity contribution is 5.99. The van der Waals surface area contributed by atoms with Crippen molar-refractivity contribution in [2.45, 2.75) is 161 Å². The third-order valence-corrected chi connectivity index (χ3v) is 10.2. The van der Waals surface area contributed by atoms with Crippen molar-refractivity contribution in [3.8, 4) is 0 Å². The van der Waals surface area contributed by atoms with E-state index < -0.39 is 133 Å². The van der Waals surface area contributed by atoms with Crippen molar-refractivity contribution in [2.75, 3.05) is 19.6 Å². The number of hydrogen-bond acceptors (Lipinski definition) is 14. The summed E-state index contributed by atoms with van der Waals surface area (Å²) in [6.45, 7) is 9.37. The Balaban J connectivity index is 6.19. The molecule has 21 N–H and O–H groups in total. The molecule has 8 amide bonds. The SMILES string of the molecule is CCCC[C@H](NC(=O)[C@H](CCCN=C(N)N)NC(=O)[C@H](CC(C)C)NC(=O)[C@H](C)NC(=O)[C@@H](CC(=O)O)NC(=O)[C@H](CC(C)C)NC(=O)[C@H](CC(=O)O)NC(=O)CNC(=O)[C@@H](N)CCCN=C(N)N)C(=O)O. The fourth-order valence-corrected chi connectivity index (χ4v) is 6.57. The number of carbonyl (C=O) groups is 11. The first-order chi connectivity index (χ1) is 33.6. The van der Waals surface area contributed by atoms with E-state index in [0.717, 1.165) is 0 Å². The number of aliphatic imine (C=N–C) groups is 2. The summed E-state index contributed by atoms with van der Waals surface area (Å²) in [4.78, 5) is 150. The first-order valence-corrected chi connectivity index (χ1v) is 23.5. The number of nitrogens with two attached hydrogens (primary N) is 5. The lowest BCUT2D eigenvalue weighted by molar-refractivity contribution is -0.143. The predicted molar refractivity (Wildman–Crippen MR) is 261 cm³/mol. The number of nitrogens with one attached hydrogen (secondary N) is 8. The van der Waals surface area contributed by atoms with Crippen LogP contribution in [-0.4, -0.2) is 160 Å². The predicted octanol–water partition coefficient (Wildman–Crippen LogP) is -4.73. The van der Waals surface area contributed by atoms with Crippen LogP contribution in [0.3, 0.4) is 0 Å². The average molecular weight is 1030 g/mol. The van der Waals surface area contributed by atoms with Crippen LogP contribution in [0.1, 0.15) is 112 Å². The minimum atomic E-state index is -1.87. The Hall–Kier alpha value is -7.33. The molecule has 72 heavy (non-hydrogen) atoms. The number of carbonyl (C=O) groups excluding carboxylic acids is 8. The summed E-state index contributed by atoms with van der Waals surface area (Å²) in [5, 5.41) is 47.7. The molecule has 0 aromatic rings. The number of amides is 8. The van der Waals surface area contributed by atoms with Crippen molar-refractivity contribution in [2.24, 2.45) is 50.5 Å². The van der Waals surface area contributed by atoms with Crippen LogP contribution in [-0.2, 0) is 52.7 Å². The summed E-state index contributed by atoms with van der Waals surface area (Å²) in [6.07, 6.45) is -0.236. The summed E-state index contributed by atoms with van der Waals surface area (Å²) in [5.41, 5.74) is 27.1. The number of aliphatic carboxylic acids is 3. The van der Waals surface area contributed by atoms with Gasteiger partial charge in [0.05, 0.1) is 25.4 Å². The van der Waals surface area contributed by atoms with Gasteiger partial charge in [-0.05, 0) is 63.7 Å². The van der Waals surface area contributed by atoms with Crippen LogP contribution in [0.5, 0.6) is 0 Å². The van der Waals surface area contributed by atoms with Gasteiger partial charge in [-0.25, -0.2) is 4.79 Å². The van der Waals surface area contributed by atoms with E-state index in [2.05, 4.69) is 52.5 Å². The van der Waals surface area contributed by atoms with Crippen LogP contribution in [0, 0.1) is 11.8 Å². The zero-order chi connectivity index (χ0) is 55.2. The van der Waals surface area contributed by atoms with Gasteiger partial charge in [0.25, 0.3) is 0 Å². The third-order valence-electron chi connectivity index (χ3n) is 10.2. The molecule has 0 aromatic carbocycles. The lowest BCUT2D eigenvalue weighted by atomic mass is 10.0. The Morgan fingerprint density at radius 2 is 0.861 bits per heavy atom. The van der Waals surface area contributed by atoms with Gasteiger partial charge >= 0.3 is 17.9 Å². The van der Waals surface area contributed by atoms with E-state index in [0.29, 0.717) is 19.3 Å². The van der Waals surface area contributed by atoms with Gasteiger partial charge in [0.1, 0.15) is 42.3 Å². The molecule has 0 aromatic heterocycles. The maximum absolute atomic E-state index is 13.8. The summed E-state index contributed by atoms with van der Waals surface area (Å²) in [6, 6.07) is -11.6. The molecule has 0 saturated carbocycles. The maximum Gasteiger partial charge on any atom is 0.326 e. The lowest BCUT2D eigenvalue weighted by Gasteiger charge is -2.27. The van der Waals surface area contributed by atoms with Crippen LogP contribution < -0.4 is 71.2 Å². The lowest BCUT2D eigenvalue weighted by Crippen LogP contribution is -2.60. The van der Waals surface area contributed by atoms with E-state index in [1.54, 1.807) is 27.7 Å². The highest BCUT2D eigenvalue weighted by atomic mass is 16.4. The van der Waals surface area contributed by atoms with Gasteiger partial charge in [-0.15, -0.1) is 0 Å². The number of hydrogen-bond donors (Lipinski definition) is 16. The van der Waals surface area contributed by atoms with Crippen molar-refractivity contribution in [1.29, 1.82) is 0 Å². The first kappa shape index (κ1) is 64.7. The summed E-state index contributed by atoms with van der Waals surface area (Å²) in [7, 11) is 0. The largest absolute Gasteiger partial charge is 0.481 e. The number of carboxylic acid groups (broad SMARTS) is 3. The molecule has 0 spiro atoms. The fourth-order valence-electron chi connectivity index (χ4n) is 6.57. The summed E-state index contributed by atoms with van der Waals surface area (Å²) in [5.74, 6) is -13.1. The Morgan fingerprint density at radius 1 is 0.472 bits per heavy atom. The topological polar surface area (TPSA) is 500 Å². The standard InChI is InChI=1S/C43H77N15O14/c1-7-8-12-26(41(71)72)55-36(66)25(13-10-15-50-43(47)48)54-38(68)27(16-21(2)3)56-34(64)23(6)52-37(67)30(19-33(62)63)58-39(69)28(17-22(4)5)57-40(70)29(18-32(60)61)53-31(59)20-51-35(65)24(44)11-9-14-49-42(45)46/h21-30H,7-20,44H2,1-6H3,(H,51,65)(H,52,67)(H,53,59)(H,54,68)(H,55,66)(H,56,64)(H,57,70)(H,58,69)(H,60,61)(H,62,63)(H,71,72)(H4,45,46,49)(H4,47,48,50)/t23-,24-,25-,26-,27-,28-,29-,30+/m0/s1. The second kappa shape index (κ2) is 34.1. The number of rotatable bonds is 36. The van der Waals surface area contributed by atoms with Crippen LogP contribution in [0.4, 0.5) is 0 Å². The molecule has 8 atom stereocenters. The maximum atomic E-state index is 13.8. The number of unbranched alkanes of at least 4 members (excludes halogenated alkanes) is 1. The average Bonchev–Trinajstić information content (AvgIpc) is 3.27. The van der Waals surface area contributed by atoms with Gasteiger partial charge in [-0.2, -0.15) is 0 Å². The number of nitrogens with zero attached hydrogens (tertiary/aromatic N) is 2. The van der Waals surface area contributed by atoms with Gasteiger partial charge in [0.15, 0.2) is 11.9 Å². The van der Waals surface area contributed by atoms with E-state index >= 15 is 0 Å². The zero-order valence-electron chi connectivity index (χ0n) is 41.8. The van der Waals surface area contributed by atoms with E-state index in [4.69, 9.17) is 28.7 Å². The molecular formula is C43H77N15O14. The Labute approximate surface area is 417 Å². The quantitative estimate of drug-likeness (QED) is 0.0159. The monoisotopic (exact) mass is 1030 g/mol. The fraction of sp³-hybridized carbons (Fsp3) is 0.698. The van der Waals surface area contributed by atoms with Crippen molar-refractivity contribution in [3.05, 3.63) is 0 Å². The van der Waals surface area contributed by atoms with E-state index in [1.165, 1.54) is 6.92 Å². The van der Waals surface area contributed by atoms with Crippen LogP contribution in [0.2, 0.25) is 0 Å². The van der Waals surface area contributed by atoms with Gasteiger partial charge in [0.2, 0.25) is 47.3 Å². The molecule has 408 valence electrons. The van der Waals surface area contributed by atoms with E-state index in [9.17, 15) is 68.1 Å². The second-order valence-electron chi connectivity index (χ2n) is 17.8. The van der Waals surface area contributed by atoms with Crippen molar-refractivity contribution in [1.82, 2.24) is 42.5 Å². The smallest absolute Gasteiger partial charge is 0.326 e. The molecule has 0 rings (SSSR count). The molecule has 0 bridgehead atoms. The molecule has 0 unspecified atom stereocenters. The van der Waals surface area contributed by atoms with Gasteiger partial charge < -0.3 is 86.5 Å². The molecule has 0 aliphatic carbocycles. The number of carboxylic acids is 3. The molecule has 0 aliphatic rings. The molecule has 29 heteroatoms. The zero-order valence-corrected chi connectivity index (χ0v) is 41.8. The highest BCUT2D eigenvalue weighted by Gasteiger charge is 2.35. The molecule has 0 heterocycles.